The van der Waals surface area contributed by atoms with Gasteiger partial charge in [0.2, 0.25) is 5.88 Å². The second-order valence-corrected chi connectivity index (χ2v) is 10.0. The Morgan fingerprint density at radius 1 is 1.05 bits per heavy atom. The molecule has 8 heterocycles. The minimum atomic E-state index is -2.62. The Balaban J connectivity index is 1.11. The SMILES string of the molecule is [2H]C([2H])([2H])Oc1ccc(C([2H])([2H])N2C3CC2CN(c2ccc(-c4cc(-c5ccn(C)c5)cn5ncc(C#N)c45)cn2)C3)cn1. The normalized spacial score (nSPS) is 21.2. The molecular formula is C30H28N8O. The van der Waals surface area contributed by atoms with Gasteiger partial charge in [-0.2, -0.15) is 10.4 Å². The Bertz CT molecular complexity index is 1880. The van der Waals surface area contributed by atoms with Crippen molar-refractivity contribution in [2.45, 2.75) is 25.0 Å². The molecule has 9 nitrogen and oxygen atoms in total. The summed E-state index contributed by atoms with van der Waals surface area (Å²) in [4.78, 5) is 12.9. The van der Waals surface area contributed by atoms with Gasteiger partial charge in [0.15, 0.2) is 0 Å². The van der Waals surface area contributed by atoms with E-state index in [2.05, 4.69) is 27.1 Å². The van der Waals surface area contributed by atoms with Gasteiger partial charge in [-0.1, -0.05) is 6.07 Å². The number of aryl methyl sites for hydroxylation is 1. The highest BCUT2D eigenvalue weighted by atomic mass is 16.5. The van der Waals surface area contributed by atoms with Crippen molar-refractivity contribution in [1.82, 2.24) is 29.0 Å². The van der Waals surface area contributed by atoms with Crippen LogP contribution in [0, 0.1) is 11.3 Å². The number of nitriles is 1. The lowest BCUT2D eigenvalue weighted by Gasteiger charge is -2.56. The zero-order valence-corrected chi connectivity index (χ0v) is 21.2. The summed E-state index contributed by atoms with van der Waals surface area (Å²) in [5, 5.41) is 14.2. The minimum Gasteiger partial charge on any atom is -0.481 e. The lowest BCUT2D eigenvalue weighted by atomic mass is 9.87. The van der Waals surface area contributed by atoms with E-state index in [-0.39, 0.29) is 18.0 Å². The second kappa shape index (κ2) is 9.26. The fourth-order valence-electron chi connectivity index (χ4n) is 5.62. The number of fused-ring (bicyclic) bond motifs is 3. The highest BCUT2D eigenvalue weighted by Gasteiger charge is 2.44. The van der Waals surface area contributed by atoms with E-state index in [4.69, 9.17) is 16.6 Å². The van der Waals surface area contributed by atoms with Gasteiger partial charge in [-0.15, -0.1) is 0 Å². The number of hydrogen-bond acceptors (Lipinski definition) is 7. The highest BCUT2D eigenvalue weighted by Crippen LogP contribution is 2.37. The maximum Gasteiger partial charge on any atom is 0.212 e. The van der Waals surface area contributed by atoms with E-state index in [1.54, 1.807) is 10.7 Å². The molecule has 0 aromatic carbocycles. The van der Waals surface area contributed by atoms with Gasteiger partial charge in [-0.05, 0) is 36.2 Å². The van der Waals surface area contributed by atoms with E-state index in [0.717, 1.165) is 40.0 Å². The van der Waals surface area contributed by atoms with Crippen LogP contribution in [0.3, 0.4) is 0 Å². The third kappa shape index (κ3) is 4.10. The molecule has 0 radical (unpaired) electrons. The maximum absolute atomic E-state index is 9.74. The van der Waals surface area contributed by atoms with E-state index in [9.17, 15) is 5.26 Å². The first-order valence-electron chi connectivity index (χ1n) is 15.2. The van der Waals surface area contributed by atoms with E-state index in [0.29, 0.717) is 24.2 Å². The van der Waals surface area contributed by atoms with E-state index in [1.807, 2.05) is 59.5 Å². The molecule has 3 aliphatic rings. The van der Waals surface area contributed by atoms with Gasteiger partial charge in [0.25, 0.3) is 0 Å². The van der Waals surface area contributed by atoms with Crippen molar-refractivity contribution in [1.29, 1.82) is 5.26 Å². The largest absolute Gasteiger partial charge is 0.481 e. The molecule has 5 aromatic heterocycles. The standard InChI is InChI=1S/C30H28N8O/c1-35-8-7-22(16-35)23-9-27(30-24(11-31)14-34-38(30)17-23)21-4-5-28(32-13-21)36-18-25-10-26(19-36)37(25)15-20-3-6-29(39-2)33-12-20/h3-9,12-14,16-17,25-26H,10,15,18-19H2,1-2H3/i2D3,15D2. The molecule has 5 aromatic rings. The van der Waals surface area contributed by atoms with Crippen LogP contribution in [0.2, 0.25) is 0 Å². The van der Waals surface area contributed by atoms with Crippen LogP contribution < -0.4 is 9.64 Å². The number of methoxy groups -OCH3 is 1. The van der Waals surface area contributed by atoms with Gasteiger partial charge in [-0.25, -0.2) is 14.5 Å². The van der Waals surface area contributed by atoms with Crippen molar-refractivity contribution < 1.29 is 11.6 Å². The van der Waals surface area contributed by atoms with Crippen molar-refractivity contribution in [3.63, 3.8) is 0 Å². The zero-order valence-electron chi connectivity index (χ0n) is 26.2. The number of hydrogen-bond donors (Lipinski definition) is 0. The molecule has 3 saturated heterocycles. The average Bonchev–Trinajstić information content (AvgIpc) is 3.62. The van der Waals surface area contributed by atoms with Crippen molar-refractivity contribution >= 4 is 11.3 Å². The zero-order chi connectivity index (χ0) is 30.8. The molecule has 3 aliphatic heterocycles. The Hall–Kier alpha value is -4.68. The summed E-state index contributed by atoms with van der Waals surface area (Å²) in [7, 11) is -0.644. The molecule has 8 rings (SSSR count). The van der Waals surface area contributed by atoms with Gasteiger partial charge in [0.05, 0.1) is 28.4 Å². The van der Waals surface area contributed by atoms with Crippen LogP contribution in [0.5, 0.6) is 5.88 Å². The van der Waals surface area contributed by atoms with Crippen molar-refractivity contribution in [3.05, 3.63) is 84.7 Å². The average molecular weight is 522 g/mol. The number of ether oxygens (including phenoxy) is 1. The Morgan fingerprint density at radius 2 is 1.95 bits per heavy atom. The molecule has 194 valence electrons. The summed E-state index contributed by atoms with van der Waals surface area (Å²) in [6, 6.07) is 13.2. The molecule has 0 spiro atoms. The van der Waals surface area contributed by atoms with E-state index < -0.39 is 13.5 Å². The van der Waals surface area contributed by atoms with Crippen molar-refractivity contribution in [3.8, 4) is 34.2 Å². The lowest BCUT2D eigenvalue weighted by molar-refractivity contribution is -0.00876. The molecule has 2 atom stereocenters. The van der Waals surface area contributed by atoms with E-state index in [1.165, 1.54) is 18.3 Å². The topological polar surface area (TPSA) is 87.5 Å². The molecule has 2 unspecified atom stereocenters. The summed E-state index contributed by atoms with van der Waals surface area (Å²) in [6.07, 6.45) is 11.6. The quantitative estimate of drug-likeness (QED) is 0.332. The van der Waals surface area contributed by atoms with Crippen LogP contribution >= 0.6 is 0 Å². The second-order valence-electron chi connectivity index (χ2n) is 10.0. The number of aromatic nitrogens is 5. The summed E-state index contributed by atoms with van der Waals surface area (Å²) < 4.78 is 48.0. The summed E-state index contributed by atoms with van der Waals surface area (Å²) in [5.74, 6) is 0.736. The fraction of sp³-hybridized carbons (Fsp3) is 0.267. The Labute approximate surface area is 233 Å². The van der Waals surface area contributed by atoms with Crippen molar-refractivity contribution in [2.24, 2.45) is 7.05 Å². The predicted molar refractivity (Wildman–Crippen MR) is 148 cm³/mol. The molecule has 0 amide bonds. The van der Waals surface area contributed by atoms with E-state index >= 15 is 0 Å². The molecule has 2 bridgehead atoms. The molecule has 9 heteroatoms. The van der Waals surface area contributed by atoms with Crippen LogP contribution in [0.25, 0.3) is 27.8 Å². The number of pyridine rings is 3. The van der Waals surface area contributed by atoms with Crippen molar-refractivity contribution in [2.75, 3.05) is 25.0 Å². The van der Waals surface area contributed by atoms with Gasteiger partial charge in [-0.3, -0.25) is 4.90 Å². The van der Waals surface area contributed by atoms with Crippen LogP contribution in [0.4, 0.5) is 5.82 Å². The molecular weight excluding hydrogens is 488 g/mol. The van der Waals surface area contributed by atoms with Crippen LogP contribution in [-0.4, -0.2) is 61.3 Å². The Morgan fingerprint density at radius 3 is 2.64 bits per heavy atom. The number of nitrogens with zero attached hydrogens (tertiary/aromatic N) is 8. The third-order valence-electron chi connectivity index (χ3n) is 7.57. The van der Waals surface area contributed by atoms with Gasteiger partial charge in [0, 0.05) is 101 Å². The molecule has 3 fully saturated rings. The minimum absolute atomic E-state index is 0.0179. The molecule has 39 heavy (non-hydrogen) atoms. The van der Waals surface area contributed by atoms with Gasteiger partial charge < -0.3 is 14.2 Å². The third-order valence-corrected chi connectivity index (χ3v) is 7.57. The van der Waals surface area contributed by atoms with Crippen LogP contribution in [-0.2, 0) is 13.5 Å². The first-order chi connectivity index (χ1) is 21.0. The Kier molecular flexibility index (Phi) is 4.40. The number of rotatable bonds is 6. The molecule has 0 N–H and O–H groups in total. The number of anilines is 1. The lowest BCUT2D eigenvalue weighted by Crippen LogP contribution is -2.68. The molecule has 0 aliphatic carbocycles. The summed E-state index contributed by atoms with van der Waals surface area (Å²) in [6.45, 7) is -0.544. The smallest absolute Gasteiger partial charge is 0.212 e. The monoisotopic (exact) mass is 521 g/mol. The predicted octanol–water partition coefficient (Wildman–Crippen LogP) is 4.14. The van der Waals surface area contributed by atoms with Crippen LogP contribution in [0.15, 0.2) is 73.6 Å². The number of piperazine rings is 1. The summed E-state index contributed by atoms with van der Waals surface area (Å²) in [5.41, 5.74) is 5.32. The first-order valence-corrected chi connectivity index (χ1v) is 12.7. The molecule has 0 saturated carbocycles. The summed E-state index contributed by atoms with van der Waals surface area (Å²) >= 11 is 0. The first kappa shape index (κ1) is 18.6. The van der Waals surface area contributed by atoms with Gasteiger partial charge >= 0.3 is 0 Å². The number of piperidine rings is 1. The highest BCUT2D eigenvalue weighted by molar-refractivity contribution is 5.87. The fourth-order valence-corrected chi connectivity index (χ4v) is 5.62. The van der Waals surface area contributed by atoms with Gasteiger partial charge in [0.1, 0.15) is 11.9 Å². The van der Waals surface area contributed by atoms with Crippen LogP contribution in [0.1, 0.15) is 24.4 Å². The maximum atomic E-state index is 9.74.